The van der Waals surface area contributed by atoms with Gasteiger partial charge in [0.1, 0.15) is 5.75 Å². The van der Waals surface area contributed by atoms with Gasteiger partial charge in [-0.3, -0.25) is 0 Å². The molecular weight excluding hydrogens is 352 g/mol. The van der Waals surface area contributed by atoms with E-state index in [2.05, 4.69) is 39.0 Å². The number of unbranched alkanes of at least 4 members (excludes halogenated alkanes) is 1. The molecule has 2 fully saturated rings. The Labute approximate surface area is 181 Å². The van der Waals surface area contributed by atoms with Gasteiger partial charge in [-0.1, -0.05) is 58.9 Å². The molecule has 0 amide bonds. The van der Waals surface area contributed by atoms with Gasteiger partial charge < -0.3 is 4.74 Å². The van der Waals surface area contributed by atoms with Crippen molar-refractivity contribution in [1.82, 2.24) is 0 Å². The van der Waals surface area contributed by atoms with Crippen LogP contribution in [0.3, 0.4) is 0 Å². The van der Waals surface area contributed by atoms with E-state index in [1.165, 1.54) is 83.5 Å². The van der Waals surface area contributed by atoms with Crippen molar-refractivity contribution >= 4 is 0 Å². The van der Waals surface area contributed by atoms with Crippen molar-refractivity contribution in [2.24, 2.45) is 11.8 Å². The maximum Gasteiger partial charge on any atom is 0.119 e. The third-order valence-electron chi connectivity index (χ3n) is 7.77. The van der Waals surface area contributed by atoms with Crippen molar-refractivity contribution in [3.05, 3.63) is 29.3 Å². The van der Waals surface area contributed by atoms with Crippen LogP contribution in [0.1, 0.15) is 134 Å². The summed E-state index contributed by atoms with van der Waals surface area (Å²) in [6.07, 6.45) is 19.4. The first-order valence-electron chi connectivity index (χ1n) is 13.0. The Morgan fingerprint density at radius 3 is 1.90 bits per heavy atom. The lowest BCUT2D eigenvalue weighted by molar-refractivity contribution is 0.291. The molecule has 0 unspecified atom stereocenters. The van der Waals surface area contributed by atoms with Crippen LogP contribution < -0.4 is 4.74 Å². The highest BCUT2D eigenvalue weighted by Gasteiger charge is 2.28. The van der Waals surface area contributed by atoms with Gasteiger partial charge in [-0.2, -0.15) is 0 Å². The molecule has 2 aliphatic carbocycles. The number of ether oxygens (including phenoxy) is 1. The molecule has 29 heavy (non-hydrogen) atoms. The Kier molecular flexibility index (Phi) is 9.40. The van der Waals surface area contributed by atoms with E-state index < -0.39 is 0 Å². The van der Waals surface area contributed by atoms with Gasteiger partial charge in [0, 0.05) is 0 Å². The van der Waals surface area contributed by atoms with Crippen LogP contribution in [0, 0.1) is 11.8 Å². The largest absolute Gasteiger partial charge is 0.494 e. The van der Waals surface area contributed by atoms with Crippen LogP contribution in [0.4, 0.5) is 0 Å². The molecule has 0 heterocycles. The van der Waals surface area contributed by atoms with E-state index in [1.54, 1.807) is 11.1 Å². The van der Waals surface area contributed by atoms with E-state index in [4.69, 9.17) is 4.74 Å². The minimum absolute atomic E-state index is 0.765. The monoisotopic (exact) mass is 398 g/mol. The zero-order valence-corrected chi connectivity index (χ0v) is 19.6. The highest BCUT2D eigenvalue weighted by Crippen LogP contribution is 2.45. The lowest BCUT2D eigenvalue weighted by Crippen LogP contribution is -2.18. The highest BCUT2D eigenvalue weighted by atomic mass is 16.5. The van der Waals surface area contributed by atoms with Crippen molar-refractivity contribution in [3.8, 4) is 5.75 Å². The molecule has 0 N–H and O–H groups in total. The fourth-order valence-electron chi connectivity index (χ4n) is 6.01. The summed E-state index contributed by atoms with van der Waals surface area (Å²) in [6, 6.07) is 7.16. The zero-order chi connectivity index (χ0) is 20.5. The molecular formula is C28H46O. The molecule has 164 valence electrons. The standard InChI is InChI=1S/C28H46O/c1-4-7-9-23-12-14-24(15-13-23)27-19-18-26(29-20-6-3)21-28(27)25-16-10-22(8-5-2)11-17-25/h18-19,21-25H,4-17,20H2,1-3H3. The quantitative estimate of drug-likeness (QED) is 0.382. The zero-order valence-electron chi connectivity index (χ0n) is 19.6. The summed E-state index contributed by atoms with van der Waals surface area (Å²) < 4.78 is 6.05. The molecule has 0 bridgehead atoms. The second kappa shape index (κ2) is 12.0. The van der Waals surface area contributed by atoms with Crippen molar-refractivity contribution in [3.63, 3.8) is 0 Å². The summed E-state index contributed by atoms with van der Waals surface area (Å²) in [5.41, 5.74) is 3.34. The topological polar surface area (TPSA) is 9.23 Å². The van der Waals surface area contributed by atoms with Gasteiger partial charge >= 0.3 is 0 Å². The number of hydrogen-bond donors (Lipinski definition) is 0. The fourth-order valence-corrected chi connectivity index (χ4v) is 6.01. The molecule has 0 radical (unpaired) electrons. The molecule has 0 saturated heterocycles. The van der Waals surface area contributed by atoms with Crippen LogP contribution in [-0.4, -0.2) is 6.61 Å². The van der Waals surface area contributed by atoms with Crippen LogP contribution in [0.5, 0.6) is 5.75 Å². The van der Waals surface area contributed by atoms with Gasteiger partial charge in [-0.25, -0.2) is 0 Å². The van der Waals surface area contributed by atoms with Gasteiger partial charge in [-0.05, 0) is 105 Å². The van der Waals surface area contributed by atoms with Crippen LogP contribution in [0.25, 0.3) is 0 Å². The Morgan fingerprint density at radius 1 is 0.690 bits per heavy atom. The Hall–Kier alpha value is -0.980. The van der Waals surface area contributed by atoms with Gasteiger partial charge in [0.05, 0.1) is 6.61 Å². The van der Waals surface area contributed by atoms with E-state index in [-0.39, 0.29) is 0 Å². The average molecular weight is 399 g/mol. The smallest absolute Gasteiger partial charge is 0.119 e. The molecule has 0 atom stereocenters. The van der Waals surface area contributed by atoms with Crippen molar-refractivity contribution in [1.29, 1.82) is 0 Å². The molecule has 2 aliphatic rings. The van der Waals surface area contributed by atoms with Crippen molar-refractivity contribution in [2.75, 3.05) is 6.61 Å². The molecule has 3 rings (SSSR count). The SMILES string of the molecule is CCCCC1CCC(c2ccc(OCCC)cc2C2CCC(CCC)CC2)CC1. The van der Waals surface area contributed by atoms with Crippen LogP contribution in [0.2, 0.25) is 0 Å². The van der Waals surface area contributed by atoms with E-state index in [1.807, 2.05) is 0 Å². The summed E-state index contributed by atoms with van der Waals surface area (Å²) >= 11 is 0. The third kappa shape index (κ3) is 6.50. The van der Waals surface area contributed by atoms with Crippen LogP contribution in [0.15, 0.2) is 18.2 Å². The molecule has 0 aliphatic heterocycles. The molecule has 1 aromatic rings. The molecule has 1 nitrogen and oxygen atoms in total. The molecule has 0 aromatic heterocycles. The lowest BCUT2D eigenvalue weighted by Gasteiger charge is -2.34. The van der Waals surface area contributed by atoms with Crippen LogP contribution >= 0.6 is 0 Å². The van der Waals surface area contributed by atoms with Crippen molar-refractivity contribution in [2.45, 2.75) is 122 Å². The third-order valence-corrected chi connectivity index (χ3v) is 7.77. The van der Waals surface area contributed by atoms with Gasteiger partial charge in [0.2, 0.25) is 0 Å². The van der Waals surface area contributed by atoms with E-state index >= 15 is 0 Å². The Bertz CT molecular complexity index is 576. The highest BCUT2D eigenvalue weighted by molar-refractivity contribution is 5.40. The first-order valence-corrected chi connectivity index (χ1v) is 13.0. The fraction of sp³-hybridized carbons (Fsp3) is 0.786. The summed E-state index contributed by atoms with van der Waals surface area (Å²) in [5, 5.41) is 0. The minimum atomic E-state index is 0.765. The summed E-state index contributed by atoms with van der Waals surface area (Å²) in [4.78, 5) is 0. The summed E-state index contributed by atoms with van der Waals surface area (Å²) in [5.74, 6) is 4.63. The molecule has 0 spiro atoms. The number of rotatable bonds is 10. The normalized spacial score (nSPS) is 27.7. The minimum Gasteiger partial charge on any atom is -0.494 e. The summed E-state index contributed by atoms with van der Waals surface area (Å²) in [7, 11) is 0. The first-order chi connectivity index (χ1) is 14.2. The van der Waals surface area contributed by atoms with E-state index in [0.717, 1.165) is 42.4 Å². The molecule has 1 aromatic carbocycles. The van der Waals surface area contributed by atoms with Gasteiger partial charge in [0.15, 0.2) is 0 Å². The Morgan fingerprint density at radius 2 is 1.31 bits per heavy atom. The van der Waals surface area contributed by atoms with E-state index in [0.29, 0.717) is 0 Å². The van der Waals surface area contributed by atoms with Crippen LogP contribution in [-0.2, 0) is 0 Å². The van der Waals surface area contributed by atoms with Crippen molar-refractivity contribution < 1.29 is 4.74 Å². The Balaban J connectivity index is 1.71. The maximum absolute atomic E-state index is 6.05. The molecule has 1 heteroatoms. The first kappa shape index (κ1) is 22.7. The lowest BCUT2D eigenvalue weighted by atomic mass is 9.71. The average Bonchev–Trinajstić information content (AvgIpc) is 2.77. The predicted molar refractivity (Wildman–Crippen MR) is 126 cm³/mol. The predicted octanol–water partition coefficient (Wildman–Crippen LogP) is 9.01. The second-order valence-corrected chi connectivity index (χ2v) is 10.0. The second-order valence-electron chi connectivity index (χ2n) is 10.0. The van der Waals surface area contributed by atoms with Gasteiger partial charge in [-0.15, -0.1) is 0 Å². The number of benzene rings is 1. The van der Waals surface area contributed by atoms with Gasteiger partial charge in [0.25, 0.3) is 0 Å². The van der Waals surface area contributed by atoms with E-state index in [9.17, 15) is 0 Å². The summed E-state index contributed by atoms with van der Waals surface area (Å²) in [6.45, 7) is 7.71. The maximum atomic E-state index is 6.05. The molecule has 2 saturated carbocycles. The number of hydrogen-bond acceptors (Lipinski definition) is 1.